The summed E-state index contributed by atoms with van der Waals surface area (Å²) in [7, 11) is -1.43. The Hall–Kier alpha value is -1.27. The van der Waals surface area contributed by atoms with E-state index in [0.717, 1.165) is 5.75 Å². The van der Waals surface area contributed by atoms with Crippen molar-refractivity contribution in [2.24, 2.45) is 0 Å². The van der Waals surface area contributed by atoms with Crippen molar-refractivity contribution in [3.63, 3.8) is 0 Å². The maximum atomic E-state index is 11.6. The van der Waals surface area contributed by atoms with Crippen LogP contribution in [0, 0.1) is 0 Å². The van der Waals surface area contributed by atoms with Gasteiger partial charge >= 0.3 is 0 Å². The third-order valence-corrected chi connectivity index (χ3v) is 4.81. The quantitative estimate of drug-likeness (QED) is 0.805. The Kier molecular flexibility index (Phi) is 4.08. The second-order valence-electron chi connectivity index (χ2n) is 4.10. The molecule has 1 aliphatic heterocycles. The van der Waals surface area contributed by atoms with Crippen molar-refractivity contribution in [3.8, 4) is 11.5 Å². The van der Waals surface area contributed by atoms with E-state index >= 15 is 0 Å². The van der Waals surface area contributed by atoms with Crippen LogP contribution >= 0.6 is 0 Å². The van der Waals surface area contributed by atoms with E-state index in [1.165, 1.54) is 4.31 Å². The van der Waals surface area contributed by atoms with Crippen LogP contribution < -0.4 is 9.47 Å². The number of hydrogen-bond acceptors (Lipinski definition) is 4. The average Bonchev–Trinajstić information content (AvgIpc) is 2.69. The van der Waals surface area contributed by atoms with Crippen molar-refractivity contribution in [2.45, 2.75) is 6.42 Å². The lowest BCUT2D eigenvalue weighted by molar-refractivity contribution is 0.277. The van der Waals surface area contributed by atoms with Crippen molar-refractivity contribution in [1.82, 2.24) is 4.31 Å². The fraction of sp³-hybridized carbons (Fsp3) is 0.500. The van der Waals surface area contributed by atoms with E-state index < -0.39 is 10.0 Å². The first kappa shape index (κ1) is 13.2. The summed E-state index contributed by atoms with van der Waals surface area (Å²) < 4.78 is 35.2. The van der Waals surface area contributed by atoms with Crippen molar-refractivity contribution in [2.75, 3.05) is 32.6 Å². The summed E-state index contributed by atoms with van der Waals surface area (Å²) in [4.78, 5) is 0. The van der Waals surface area contributed by atoms with E-state index in [-0.39, 0.29) is 5.75 Å². The van der Waals surface area contributed by atoms with Gasteiger partial charge in [-0.25, -0.2) is 8.42 Å². The van der Waals surface area contributed by atoms with Gasteiger partial charge in [-0.15, -0.1) is 0 Å². The highest BCUT2D eigenvalue weighted by molar-refractivity contribution is 7.89. The summed E-state index contributed by atoms with van der Waals surface area (Å²) in [5, 5.41) is 0. The number of methoxy groups -OCH3 is 1. The highest BCUT2D eigenvalue weighted by Gasteiger charge is 2.27. The molecule has 0 aliphatic carbocycles. The van der Waals surface area contributed by atoms with Gasteiger partial charge in [0.15, 0.2) is 0 Å². The summed E-state index contributed by atoms with van der Waals surface area (Å²) >= 11 is 0. The molecule has 100 valence electrons. The summed E-state index contributed by atoms with van der Waals surface area (Å²) in [6, 6.07) is 7.26. The van der Waals surface area contributed by atoms with Gasteiger partial charge in [-0.1, -0.05) is 6.07 Å². The summed E-state index contributed by atoms with van der Waals surface area (Å²) in [6.45, 7) is 1.36. The molecule has 0 radical (unpaired) electrons. The monoisotopic (exact) mass is 271 g/mol. The SMILES string of the molecule is COc1cccc(OCCN2CCCS2(=O)=O)c1. The van der Waals surface area contributed by atoms with Crippen LogP contribution in [0.25, 0.3) is 0 Å². The second-order valence-corrected chi connectivity index (χ2v) is 6.18. The number of nitrogens with zero attached hydrogens (tertiary/aromatic N) is 1. The van der Waals surface area contributed by atoms with E-state index in [0.29, 0.717) is 31.9 Å². The van der Waals surface area contributed by atoms with Gasteiger partial charge in [0.05, 0.1) is 12.9 Å². The average molecular weight is 271 g/mol. The first-order chi connectivity index (χ1) is 8.62. The molecule has 0 aromatic heterocycles. The van der Waals surface area contributed by atoms with Crippen molar-refractivity contribution >= 4 is 10.0 Å². The van der Waals surface area contributed by atoms with Crippen LogP contribution in [-0.4, -0.2) is 45.3 Å². The van der Waals surface area contributed by atoms with Gasteiger partial charge in [0, 0.05) is 19.2 Å². The van der Waals surface area contributed by atoms with Gasteiger partial charge in [0.2, 0.25) is 10.0 Å². The van der Waals surface area contributed by atoms with E-state index in [1.54, 1.807) is 13.2 Å². The molecule has 0 bridgehead atoms. The van der Waals surface area contributed by atoms with Crippen LogP contribution in [0.1, 0.15) is 6.42 Å². The van der Waals surface area contributed by atoms with Crippen LogP contribution in [0.5, 0.6) is 11.5 Å². The molecule has 5 nitrogen and oxygen atoms in total. The maximum absolute atomic E-state index is 11.6. The Morgan fingerprint density at radius 3 is 2.78 bits per heavy atom. The van der Waals surface area contributed by atoms with E-state index in [9.17, 15) is 8.42 Å². The summed E-state index contributed by atoms with van der Waals surface area (Å²) in [5.41, 5.74) is 0. The predicted molar refractivity (Wildman–Crippen MR) is 68.5 cm³/mol. The van der Waals surface area contributed by atoms with E-state index in [4.69, 9.17) is 9.47 Å². The zero-order valence-corrected chi connectivity index (χ0v) is 11.1. The summed E-state index contributed by atoms with van der Waals surface area (Å²) in [6.07, 6.45) is 0.710. The first-order valence-electron chi connectivity index (χ1n) is 5.86. The summed E-state index contributed by atoms with van der Waals surface area (Å²) in [5.74, 6) is 1.67. The van der Waals surface area contributed by atoms with E-state index in [2.05, 4.69) is 0 Å². The van der Waals surface area contributed by atoms with Crippen molar-refractivity contribution < 1.29 is 17.9 Å². The molecular formula is C12H17NO4S. The minimum Gasteiger partial charge on any atom is -0.497 e. The molecule has 0 saturated carbocycles. The van der Waals surface area contributed by atoms with Crippen LogP contribution in [0.2, 0.25) is 0 Å². The largest absolute Gasteiger partial charge is 0.497 e. The van der Waals surface area contributed by atoms with Gasteiger partial charge in [-0.05, 0) is 18.6 Å². The topological polar surface area (TPSA) is 55.8 Å². The number of benzene rings is 1. The molecule has 18 heavy (non-hydrogen) atoms. The van der Waals surface area contributed by atoms with Crippen LogP contribution in [-0.2, 0) is 10.0 Å². The zero-order chi connectivity index (χ0) is 13.0. The fourth-order valence-electron chi connectivity index (χ4n) is 1.90. The Morgan fingerprint density at radius 2 is 2.11 bits per heavy atom. The molecule has 0 amide bonds. The Labute approximate surface area is 107 Å². The second kappa shape index (κ2) is 5.58. The zero-order valence-electron chi connectivity index (χ0n) is 10.3. The van der Waals surface area contributed by atoms with Crippen LogP contribution in [0.15, 0.2) is 24.3 Å². The van der Waals surface area contributed by atoms with Gasteiger partial charge in [-0.2, -0.15) is 4.31 Å². The maximum Gasteiger partial charge on any atom is 0.214 e. The molecule has 1 heterocycles. The predicted octanol–water partition coefficient (Wildman–Crippen LogP) is 1.11. The van der Waals surface area contributed by atoms with Crippen molar-refractivity contribution in [3.05, 3.63) is 24.3 Å². The molecule has 0 unspecified atom stereocenters. The molecule has 0 spiro atoms. The van der Waals surface area contributed by atoms with Crippen LogP contribution in [0.4, 0.5) is 0 Å². The minimum absolute atomic E-state index is 0.256. The molecular weight excluding hydrogens is 254 g/mol. The molecule has 1 saturated heterocycles. The molecule has 6 heteroatoms. The number of sulfonamides is 1. The minimum atomic E-state index is -3.03. The first-order valence-corrected chi connectivity index (χ1v) is 7.47. The number of ether oxygens (including phenoxy) is 2. The molecule has 1 fully saturated rings. The molecule has 0 N–H and O–H groups in total. The molecule has 1 aliphatic rings. The lowest BCUT2D eigenvalue weighted by Gasteiger charge is -2.14. The van der Waals surface area contributed by atoms with E-state index in [1.807, 2.05) is 18.2 Å². The van der Waals surface area contributed by atoms with Gasteiger partial charge in [-0.3, -0.25) is 0 Å². The smallest absolute Gasteiger partial charge is 0.214 e. The highest BCUT2D eigenvalue weighted by atomic mass is 32.2. The van der Waals surface area contributed by atoms with Gasteiger partial charge in [0.25, 0.3) is 0 Å². The molecule has 2 rings (SSSR count). The Morgan fingerprint density at radius 1 is 1.33 bits per heavy atom. The standard InChI is InChI=1S/C12H17NO4S/c1-16-11-4-2-5-12(10-11)17-8-7-13-6-3-9-18(13,14)15/h2,4-5,10H,3,6-9H2,1H3. The number of hydrogen-bond donors (Lipinski definition) is 0. The lowest BCUT2D eigenvalue weighted by Crippen LogP contribution is -2.30. The third-order valence-electron chi connectivity index (χ3n) is 2.85. The molecule has 1 aromatic carbocycles. The third kappa shape index (κ3) is 3.14. The highest BCUT2D eigenvalue weighted by Crippen LogP contribution is 2.19. The molecule has 1 aromatic rings. The Balaban J connectivity index is 1.85. The van der Waals surface area contributed by atoms with Crippen LogP contribution in [0.3, 0.4) is 0 Å². The Bertz CT molecular complexity index is 501. The fourth-order valence-corrected chi connectivity index (χ4v) is 3.41. The number of rotatable bonds is 5. The molecule has 0 atom stereocenters. The van der Waals surface area contributed by atoms with Gasteiger partial charge in [0.1, 0.15) is 18.1 Å². The van der Waals surface area contributed by atoms with Crippen molar-refractivity contribution in [1.29, 1.82) is 0 Å². The lowest BCUT2D eigenvalue weighted by atomic mass is 10.3. The van der Waals surface area contributed by atoms with Gasteiger partial charge < -0.3 is 9.47 Å². The normalized spacial score (nSPS) is 18.7.